The van der Waals surface area contributed by atoms with Crippen LogP contribution in [0.3, 0.4) is 0 Å². The molecular weight excluding hydrogens is 376 g/mol. The van der Waals surface area contributed by atoms with Crippen LogP contribution in [0.5, 0.6) is 5.75 Å². The lowest BCUT2D eigenvalue weighted by Crippen LogP contribution is -2.20. The van der Waals surface area contributed by atoms with Gasteiger partial charge in [0, 0.05) is 5.69 Å². The summed E-state index contributed by atoms with van der Waals surface area (Å²) in [5.41, 5.74) is 3.83. The summed E-state index contributed by atoms with van der Waals surface area (Å²) in [6.45, 7) is 1.88. The number of ether oxygens (including phenoxy) is 1. The Kier molecular flexibility index (Phi) is 5.77. The maximum absolute atomic E-state index is 12.0. The Bertz CT molecular complexity index is 1060. The molecule has 0 saturated carbocycles. The summed E-state index contributed by atoms with van der Waals surface area (Å²) in [6.07, 6.45) is 0. The number of carbonyl (C=O) groups is 1. The minimum atomic E-state index is -3.76. The van der Waals surface area contributed by atoms with Crippen LogP contribution in [0.15, 0.2) is 77.7 Å². The molecule has 0 bridgehead atoms. The van der Waals surface area contributed by atoms with Gasteiger partial charge in [-0.3, -0.25) is 4.79 Å². The molecule has 0 aromatic heterocycles. The molecule has 0 saturated heterocycles. The van der Waals surface area contributed by atoms with Crippen LogP contribution in [-0.2, 0) is 14.8 Å². The van der Waals surface area contributed by atoms with Crippen LogP contribution >= 0.6 is 0 Å². The predicted molar refractivity (Wildman–Crippen MR) is 109 cm³/mol. The molecule has 0 unspecified atom stereocenters. The highest BCUT2D eigenvalue weighted by Crippen LogP contribution is 2.22. The molecule has 3 aromatic rings. The van der Waals surface area contributed by atoms with E-state index in [-0.39, 0.29) is 17.4 Å². The van der Waals surface area contributed by atoms with E-state index in [1.807, 2.05) is 31.2 Å². The standard InChI is InChI=1S/C21H20N2O4S/c1-15-2-4-16(5-3-15)17-6-10-19(11-7-17)27-14-21(24)23-18-8-12-20(13-9-18)28(22,25)26/h2-13H,14H2,1H3,(H,23,24)(H2,22,25,26). The van der Waals surface area contributed by atoms with Crippen molar-refractivity contribution in [2.45, 2.75) is 11.8 Å². The van der Waals surface area contributed by atoms with E-state index in [4.69, 9.17) is 9.88 Å². The molecule has 7 heteroatoms. The van der Waals surface area contributed by atoms with Crippen LogP contribution in [0, 0.1) is 6.92 Å². The third-order valence-corrected chi connectivity index (χ3v) is 5.00. The van der Waals surface area contributed by atoms with E-state index in [2.05, 4.69) is 29.6 Å². The average Bonchev–Trinajstić information content (AvgIpc) is 2.67. The highest BCUT2D eigenvalue weighted by Gasteiger charge is 2.08. The second-order valence-corrected chi connectivity index (χ2v) is 7.86. The number of hydrogen-bond donors (Lipinski definition) is 2. The monoisotopic (exact) mass is 396 g/mol. The van der Waals surface area contributed by atoms with Gasteiger partial charge in [0.25, 0.3) is 5.91 Å². The van der Waals surface area contributed by atoms with E-state index < -0.39 is 10.0 Å². The summed E-state index contributed by atoms with van der Waals surface area (Å²) < 4.78 is 28.0. The largest absolute Gasteiger partial charge is 0.484 e. The Morgan fingerprint density at radius 3 is 1.96 bits per heavy atom. The molecule has 0 radical (unpaired) electrons. The van der Waals surface area contributed by atoms with Crippen LogP contribution in [0.4, 0.5) is 5.69 Å². The number of nitrogens with one attached hydrogen (secondary N) is 1. The lowest BCUT2D eigenvalue weighted by molar-refractivity contribution is -0.118. The number of benzene rings is 3. The number of nitrogens with two attached hydrogens (primary N) is 1. The van der Waals surface area contributed by atoms with Crippen molar-refractivity contribution < 1.29 is 17.9 Å². The minimum Gasteiger partial charge on any atom is -0.484 e. The fourth-order valence-electron chi connectivity index (χ4n) is 2.56. The molecule has 28 heavy (non-hydrogen) atoms. The van der Waals surface area contributed by atoms with E-state index >= 15 is 0 Å². The molecule has 0 atom stereocenters. The van der Waals surface area contributed by atoms with Gasteiger partial charge in [0.1, 0.15) is 5.75 Å². The normalized spacial score (nSPS) is 11.1. The lowest BCUT2D eigenvalue weighted by Gasteiger charge is -2.09. The van der Waals surface area contributed by atoms with Gasteiger partial charge in [0.2, 0.25) is 10.0 Å². The van der Waals surface area contributed by atoms with Gasteiger partial charge in [-0.1, -0.05) is 42.0 Å². The first-order chi connectivity index (χ1) is 13.3. The zero-order valence-corrected chi connectivity index (χ0v) is 16.1. The van der Waals surface area contributed by atoms with Crippen molar-refractivity contribution in [1.29, 1.82) is 0 Å². The summed E-state index contributed by atoms with van der Waals surface area (Å²) in [7, 11) is -3.76. The number of aryl methyl sites for hydroxylation is 1. The SMILES string of the molecule is Cc1ccc(-c2ccc(OCC(=O)Nc3ccc(S(N)(=O)=O)cc3)cc2)cc1. The third-order valence-electron chi connectivity index (χ3n) is 4.08. The molecular formula is C21H20N2O4S. The van der Waals surface area contributed by atoms with Crippen LogP contribution in [0.25, 0.3) is 11.1 Å². The van der Waals surface area contributed by atoms with Crippen molar-refractivity contribution in [1.82, 2.24) is 0 Å². The summed E-state index contributed by atoms with van der Waals surface area (Å²) in [6, 6.07) is 21.3. The van der Waals surface area contributed by atoms with Crippen molar-refractivity contribution in [3.63, 3.8) is 0 Å². The van der Waals surface area contributed by atoms with E-state index in [0.717, 1.165) is 11.1 Å². The van der Waals surface area contributed by atoms with Crippen molar-refractivity contribution in [3.8, 4) is 16.9 Å². The zero-order chi connectivity index (χ0) is 20.1. The Balaban J connectivity index is 1.55. The van der Waals surface area contributed by atoms with Crippen LogP contribution in [0.1, 0.15) is 5.56 Å². The summed E-state index contributed by atoms with van der Waals surface area (Å²) in [5, 5.41) is 7.67. The topological polar surface area (TPSA) is 98.5 Å². The Labute approximate surface area is 164 Å². The van der Waals surface area contributed by atoms with Gasteiger partial charge in [-0.15, -0.1) is 0 Å². The molecule has 1 amide bonds. The third kappa shape index (κ3) is 5.18. The number of primary sulfonamides is 1. The number of anilines is 1. The maximum atomic E-state index is 12.0. The number of sulfonamides is 1. The van der Waals surface area contributed by atoms with Gasteiger partial charge in [-0.05, 0) is 54.4 Å². The zero-order valence-electron chi connectivity index (χ0n) is 15.3. The smallest absolute Gasteiger partial charge is 0.262 e. The van der Waals surface area contributed by atoms with Crippen molar-refractivity contribution >= 4 is 21.6 Å². The molecule has 0 aliphatic heterocycles. The fraction of sp³-hybridized carbons (Fsp3) is 0.0952. The molecule has 6 nitrogen and oxygen atoms in total. The lowest BCUT2D eigenvalue weighted by atomic mass is 10.0. The van der Waals surface area contributed by atoms with Crippen LogP contribution < -0.4 is 15.2 Å². The Morgan fingerprint density at radius 1 is 0.893 bits per heavy atom. The van der Waals surface area contributed by atoms with Gasteiger partial charge in [0.05, 0.1) is 4.90 Å². The average molecular weight is 396 g/mol. The van der Waals surface area contributed by atoms with Gasteiger partial charge in [0.15, 0.2) is 6.61 Å². The quantitative estimate of drug-likeness (QED) is 0.668. The van der Waals surface area contributed by atoms with E-state index in [1.165, 1.54) is 29.8 Å². The predicted octanol–water partition coefficient (Wildman–Crippen LogP) is 3.33. The van der Waals surface area contributed by atoms with E-state index in [0.29, 0.717) is 11.4 Å². The van der Waals surface area contributed by atoms with E-state index in [9.17, 15) is 13.2 Å². The highest BCUT2D eigenvalue weighted by molar-refractivity contribution is 7.89. The summed E-state index contributed by atoms with van der Waals surface area (Å²) >= 11 is 0. The number of amides is 1. The molecule has 3 rings (SSSR count). The maximum Gasteiger partial charge on any atom is 0.262 e. The molecule has 0 aliphatic rings. The minimum absolute atomic E-state index is 0.0181. The van der Waals surface area contributed by atoms with Gasteiger partial charge in [-0.2, -0.15) is 0 Å². The molecule has 3 aromatic carbocycles. The molecule has 3 N–H and O–H groups in total. The number of rotatable bonds is 6. The molecule has 0 fully saturated rings. The Morgan fingerprint density at radius 2 is 1.43 bits per heavy atom. The van der Waals surface area contributed by atoms with Crippen LogP contribution in [-0.4, -0.2) is 20.9 Å². The van der Waals surface area contributed by atoms with Crippen molar-refractivity contribution in [3.05, 3.63) is 78.4 Å². The van der Waals surface area contributed by atoms with E-state index in [1.54, 1.807) is 0 Å². The molecule has 0 aliphatic carbocycles. The molecule has 0 heterocycles. The number of hydrogen-bond acceptors (Lipinski definition) is 4. The van der Waals surface area contributed by atoms with Crippen molar-refractivity contribution in [2.24, 2.45) is 5.14 Å². The van der Waals surface area contributed by atoms with Crippen molar-refractivity contribution in [2.75, 3.05) is 11.9 Å². The first-order valence-electron chi connectivity index (χ1n) is 8.54. The molecule has 0 spiro atoms. The van der Waals surface area contributed by atoms with Gasteiger partial charge >= 0.3 is 0 Å². The summed E-state index contributed by atoms with van der Waals surface area (Å²) in [4.78, 5) is 12.0. The fourth-order valence-corrected chi connectivity index (χ4v) is 3.08. The first kappa shape index (κ1) is 19.6. The van der Waals surface area contributed by atoms with Gasteiger partial charge in [-0.25, -0.2) is 13.6 Å². The first-order valence-corrected chi connectivity index (χ1v) is 10.1. The number of carbonyl (C=O) groups excluding carboxylic acids is 1. The Hall–Kier alpha value is -3.16. The second kappa shape index (κ2) is 8.24. The second-order valence-electron chi connectivity index (χ2n) is 6.30. The van der Waals surface area contributed by atoms with Gasteiger partial charge < -0.3 is 10.1 Å². The summed E-state index contributed by atoms with van der Waals surface area (Å²) in [5.74, 6) is 0.224. The highest BCUT2D eigenvalue weighted by atomic mass is 32.2. The van der Waals surface area contributed by atoms with Crippen LogP contribution in [0.2, 0.25) is 0 Å². The molecule has 144 valence electrons.